The summed E-state index contributed by atoms with van der Waals surface area (Å²) in [4.78, 5) is 23.0. The number of hydrogen-bond donors (Lipinski definition) is 2. The maximum absolute atomic E-state index is 11.9. The number of rotatable bonds is 7. The molecule has 0 aromatic heterocycles. The third-order valence-electron chi connectivity index (χ3n) is 3.48. The summed E-state index contributed by atoms with van der Waals surface area (Å²) in [6, 6.07) is 6.99. The van der Waals surface area contributed by atoms with Crippen molar-refractivity contribution < 1.29 is 14.7 Å². The number of benzene rings is 1. The number of carbonyl (C=O) groups excluding carboxylic acids is 1. The van der Waals surface area contributed by atoms with Crippen LogP contribution in [0, 0.1) is 5.92 Å². The van der Waals surface area contributed by atoms with E-state index in [-0.39, 0.29) is 5.91 Å². The van der Waals surface area contributed by atoms with E-state index >= 15 is 0 Å². The average molecular weight is 340 g/mol. The second-order valence-electron chi connectivity index (χ2n) is 5.23. The van der Waals surface area contributed by atoms with Crippen LogP contribution in [0.15, 0.2) is 28.7 Å². The Morgan fingerprint density at radius 1 is 1.35 bits per heavy atom. The molecule has 1 aromatic rings. The fourth-order valence-corrected chi connectivity index (χ4v) is 2.61. The van der Waals surface area contributed by atoms with E-state index in [4.69, 9.17) is 5.11 Å². The number of halogens is 1. The summed E-state index contributed by atoms with van der Waals surface area (Å²) in [5.74, 6) is -0.667. The van der Waals surface area contributed by atoms with Gasteiger partial charge in [-0.25, -0.2) is 4.79 Å². The summed E-state index contributed by atoms with van der Waals surface area (Å²) < 4.78 is 0.973. The van der Waals surface area contributed by atoms with Gasteiger partial charge in [0.2, 0.25) is 5.91 Å². The average Bonchev–Trinajstić information content (AvgIpc) is 3.21. The zero-order chi connectivity index (χ0) is 14.5. The molecular weight excluding hydrogens is 322 g/mol. The molecule has 1 saturated carbocycles. The fraction of sp³-hybridized carbons (Fsp3) is 0.467. The predicted molar refractivity (Wildman–Crippen MR) is 79.4 cm³/mol. The second-order valence-corrected chi connectivity index (χ2v) is 6.08. The molecule has 1 fully saturated rings. The molecule has 0 radical (unpaired) electrons. The first-order valence-corrected chi connectivity index (χ1v) is 7.61. The Kier molecular flexibility index (Phi) is 5.17. The molecule has 1 amide bonds. The van der Waals surface area contributed by atoms with E-state index in [1.165, 1.54) is 0 Å². The van der Waals surface area contributed by atoms with Crippen molar-refractivity contribution in [1.29, 1.82) is 0 Å². The Morgan fingerprint density at radius 3 is 2.65 bits per heavy atom. The van der Waals surface area contributed by atoms with Crippen molar-refractivity contribution in [3.8, 4) is 0 Å². The second kappa shape index (κ2) is 6.88. The lowest BCUT2D eigenvalue weighted by molar-refractivity contribution is -0.142. The van der Waals surface area contributed by atoms with E-state index < -0.39 is 12.0 Å². The lowest BCUT2D eigenvalue weighted by Crippen LogP contribution is -2.41. The molecule has 2 N–H and O–H groups in total. The minimum Gasteiger partial charge on any atom is -0.480 e. The predicted octanol–water partition coefficient (Wildman–Crippen LogP) is 2.75. The largest absolute Gasteiger partial charge is 0.480 e. The highest BCUT2D eigenvalue weighted by molar-refractivity contribution is 9.10. The van der Waals surface area contributed by atoms with E-state index in [1.54, 1.807) is 0 Å². The van der Waals surface area contributed by atoms with Gasteiger partial charge in [-0.2, -0.15) is 0 Å². The monoisotopic (exact) mass is 339 g/mol. The van der Waals surface area contributed by atoms with Crippen molar-refractivity contribution in [2.45, 2.75) is 38.1 Å². The molecule has 0 saturated heterocycles. The minimum atomic E-state index is -0.939. The van der Waals surface area contributed by atoms with Crippen molar-refractivity contribution in [2.75, 3.05) is 0 Å². The molecule has 5 heteroatoms. The molecule has 108 valence electrons. The third kappa shape index (κ3) is 4.63. The van der Waals surface area contributed by atoms with Gasteiger partial charge in [0, 0.05) is 10.9 Å². The van der Waals surface area contributed by atoms with Gasteiger partial charge in [-0.15, -0.1) is 0 Å². The first kappa shape index (κ1) is 15.0. The van der Waals surface area contributed by atoms with Crippen molar-refractivity contribution in [3.05, 3.63) is 34.3 Å². The van der Waals surface area contributed by atoms with Crippen LogP contribution in [0.3, 0.4) is 0 Å². The fourth-order valence-electron chi connectivity index (χ4n) is 2.12. The summed E-state index contributed by atoms with van der Waals surface area (Å²) in [7, 11) is 0. The van der Waals surface area contributed by atoms with Gasteiger partial charge in [-0.1, -0.05) is 47.0 Å². The van der Waals surface area contributed by atoms with Crippen LogP contribution < -0.4 is 5.32 Å². The summed E-state index contributed by atoms with van der Waals surface area (Å²) in [6.07, 6.45) is 3.61. The Morgan fingerprint density at radius 2 is 2.05 bits per heavy atom. The zero-order valence-corrected chi connectivity index (χ0v) is 12.7. The maximum atomic E-state index is 11.9. The van der Waals surface area contributed by atoms with Crippen LogP contribution in [0.25, 0.3) is 0 Å². The van der Waals surface area contributed by atoms with Crippen LogP contribution in [0.5, 0.6) is 0 Å². The van der Waals surface area contributed by atoms with Gasteiger partial charge in [0.25, 0.3) is 0 Å². The van der Waals surface area contributed by atoms with Gasteiger partial charge in [0.15, 0.2) is 0 Å². The first-order valence-electron chi connectivity index (χ1n) is 6.82. The number of nitrogens with one attached hydrogen (secondary N) is 1. The Bertz CT molecular complexity index is 500. The Hall–Kier alpha value is -1.36. The summed E-state index contributed by atoms with van der Waals surface area (Å²) >= 11 is 3.44. The van der Waals surface area contributed by atoms with Crippen LogP contribution >= 0.6 is 15.9 Å². The van der Waals surface area contributed by atoms with E-state index in [1.807, 2.05) is 24.3 Å². The lowest BCUT2D eigenvalue weighted by Gasteiger charge is -2.14. The van der Waals surface area contributed by atoms with Gasteiger partial charge in [0.05, 0.1) is 0 Å². The van der Waals surface area contributed by atoms with E-state index in [9.17, 15) is 9.59 Å². The Labute approximate surface area is 126 Å². The molecule has 4 nitrogen and oxygen atoms in total. The maximum Gasteiger partial charge on any atom is 0.326 e. The molecule has 0 spiro atoms. The minimum absolute atomic E-state index is 0.200. The molecule has 2 rings (SSSR count). The molecule has 20 heavy (non-hydrogen) atoms. The molecule has 1 aromatic carbocycles. The number of amides is 1. The molecule has 0 bridgehead atoms. The van der Waals surface area contributed by atoms with Crippen molar-refractivity contribution in [2.24, 2.45) is 5.92 Å². The van der Waals surface area contributed by atoms with Gasteiger partial charge in [0.1, 0.15) is 6.04 Å². The number of carboxylic acids is 1. The summed E-state index contributed by atoms with van der Waals surface area (Å²) in [6.45, 7) is 0. The quantitative estimate of drug-likeness (QED) is 0.802. The van der Waals surface area contributed by atoms with Crippen LogP contribution in [-0.2, 0) is 16.0 Å². The molecule has 1 unspecified atom stereocenters. The van der Waals surface area contributed by atoms with Gasteiger partial charge < -0.3 is 10.4 Å². The SMILES string of the molecule is O=C(CCc1ccccc1Br)NC(CC1CC1)C(=O)O. The topological polar surface area (TPSA) is 66.4 Å². The Balaban J connectivity index is 1.81. The summed E-state index contributed by atoms with van der Waals surface area (Å²) in [5.41, 5.74) is 1.05. The zero-order valence-electron chi connectivity index (χ0n) is 11.1. The van der Waals surface area contributed by atoms with Gasteiger partial charge in [-0.3, -0.25) is 4.79 Å². The van der Waals surface area contributed by atoms with Gasteiger partial charge >= 0.3 is 5.97 Å². The highest BCUT2D eigenvalue weighted by atomic mass is 79.9. The van der Waals surface area contributed by atoms with Crippen molar-refractivity contribution in [1.82, 2.24) is 5.32 Å². The van der Waals surface area contributed by atoms with Crippen LogP contribution in [0.2, 0.25) is 0 Å². The number of hydrogen-bond acceptors (Lipinski definition) is 2. The number of carbonyl (C=O) groups is 2. The third-order valence-corrected chi connectivity index (χ3v) is 4.25. The summed E-state index contributed by atoms with van der Waals surface area (Å²) in [5, 5.41) is 11.7. The van der Waals surface area contributed by atoms with E-state index in [0.717, 1.165) is 22.9 Å². The van der Waals surface area contributed by atoms with Crippen molar-refractivity contribution in [3.63, 3.8) is 0 Å². The molecule has 0 heterocycles. The molecule has 1 atom stereocenters. The van der Waals surface area contributed by atoms with E-state index in [2.05, 4.69) is 21.2 Å². The standard InChI is InChI=1S/C15H18BrNO3/c16-12-4-2-1-3-11(12)7-8-14(18)17-13(15(19)20)9-10-5-6-10/h1-4,10,13H,5-9H2,(H,17,18)(H,19,20). The highest BCUT2D eigenvalue weighted by Gasteiger charge is 2.30. The smallest absolute Gasteiger partial charge is 0.326 e. The van der Waals surface area contributed by atoms with Crippen molar-refractivity contribution >= 4 is 27.8 Å². The highest BCUT2D eigenvalue weighted by Crippen LogP contribution is 2.33. The molecular formula is C15H18BrNO3. The first-order chi connectivity index (χ1) is 9.56. The van der Waals surface area contributed by atoms with Crippen LogP contribution in [-0.4, -0.2) is 23.0 Å². The van der Waals surface area contributed by atoms with E-state index in [0.29, 0.717) is 25.2 Å². The molecule has 0 aliphatic heterocycles. The number of aryl methyl sites for hydroxylation is 1. The molecule has 1 aliphatic rings. The lowest BCUT2D eigenvalue weighted by atomic mass is 10.1. The van der Waals surface area contributed by atoms with Gasteiger partial charge in [-0.05, 0) is 30.4 Å². The molecule has 1 aliphatic carbocycles. The van der Waals surface area contributed by atoms with Crippen LogP contribution in [0.4, 0.5) is 0 Å². The number of aliphatic carboxylic acids is 1. The van der Waals surface area contributed by atoms with Crippen LogP contribution in [0.1, 0.15) is 31.2 Å². The normalized spacial score (nSPS) is 15.7. The number of carboxylic acid groups (broad SMARTS) is 1.